The summed E-state index contributed by atoms with van der Waals surface area (Å²) in [6.45, 7) is 5.75. The van der Waals surface area contributed by atoms with Crippen molar-refractivity contribution in [1.29, 1.82) is 0 Å². The molecule has 0 aliphatic rings. The van der Waals surface area contributed by atoms with Gasteiger partial charge >= 0.3 is 0 Å². The summed E-state index contributed by atoms with van der Waals surface area (Å²) in [5, 5.41) is 5.41. The number of amides is 1. The average molecular weight is 425 g/mol. The minimum atomic E-state index is -0.182. The molecule has 1 amide bonds. The number of aromatic nitrogens is 1. The standard InChI is InChI=1S/C21H17BrN2OS/c1-3-6-17-14(4-2)7-5-8-18(17)20(25)24-21-23-19(13-26-21)15-9-11-16(22)12-10-15/h3-13H,2H2,1H3,(H,23,24,25)/b6-3-. The molecule has 5 heteroatoms. The van der Waals surface area contributed by atoms with E-state index in [0.717, 1.165) is 26.9 Å². The van der Waals surface area contributed by atoms with Crippen molar-refractivity contribution in [3.8, 4) is 11.3 Å². The van der Waals surface area contributed by atoms with Gasteiger partial charge in [-0.2, -0.15) is 0 Å². The van der Waals surface area contributed by atoms with Crippen LogP contribution in [0.15, 0.2) is 65.0 Å². The van der Waals surface area contributed by atoms with E-state index < -0.39 is 0 Å². The maximum absolute atomic E-state index is 12.7. The Labute approximate surface area is 165 Å². The largest absolute Gasteiger partial charge is 0.298 e. The molecule has 0 unspecified atom stereocenters. The molecular weight excluding hydrogens is 408 g/mol. The van der Waals surface area contributed by atoms with Gasteiger partial charge in [0.15, 0.2) is 5.13 Å². The zero-order valence-electron chi connectivity index (χ0n) is 14.2. The molecule has 1 N–H and O–H groups in total. The van der Waals surface area contributed by atoms with Crippen molar-refractivity contribution < 1.29 is 4.79 Å². The Morgan fingerprint density at radius 2 is 2.00 bits per heavy atom. The minimum Gasteiger partial charge on any atom is -0.298 e. The molecule has 3 nitrogen and oxygen atoms in total. The van der Waals surface area contributed by atoms with E-state index in [9.17, 15) is 4.79 Å². The molecule has 26 heavy (non-hydrogen) atoms. The molecule has 2 aromatic carbocycles. The molecule has 0 aliphatic heterocycles. The minimum absolute atomic E-state index is 0.182. The van der Waals surface area contributed by atoms with Crippen LogP contribution >= 0.6 is 27.3 Å². The van der Waals surface area contributed by atoms with E-state index in [1.807, 2.05) is 60.9 Å². The zero-order chi connectivity index (χ0) is 18.5. The Hall–Kier alpha value is -2.50. The van der Waals surface area contributed by atoms with Crippen molar-refractivity contribution in [3.05, 3.63) is 81.7 Å². The second kappa shape index (κ2) is 8.25. The summed E-state index contributed by atoms with van der Waals surface area (Å²) in [7, 11) is 0. The summed E-state index contributed by atoms with van der Waals surface area (Å²) in [6.07, 6.45) is 5.58. The van der Waals surface area contributed by atoms with Crippen LogP contribution in [0.4, 0.5) is 5.13 Å². The van der Waals surface area contributed by atoms with Gasteiger partial charge in [0.2, 0.25) is 0 Å². The van der Waals surface area contributed by atoms with E-state index in [2.05, 4.69) is 32.8 Å². The fraction of sp³-hybridized carbons (Fsp3) is 0.0476. The van der Waals surface area contributed by atoms with E-state index in [0.29, 0.717) is 10.7 Å². The number of carbonyl (C=O) groups is 1. The Morgan fingerprint density at radius 3 is 2.69 bits per heavy atom. The van der Waals surface area contributed by atoms with E-state index in [1.165, 1.54) is 11.3 Å². The molecule has 0 bridgehead atoms. The van der Waals surface area contributed by atoms with Crippen LogP contribution in [0.1, 0.15) is 28.4 Å². The molecule has 3 aromatic rings. The van der Waals surface area contributed by atoms with Crippen molar-refractivity contribution >= 4 is 50.5 Å². The number of carbonyl (C=O) groups excluding carboxylic acids is 1. The van der Waals surface area contributed by atoms with Gasteiger partial charge in [-0.05, 0) is 36.2 Å². The monoisotopic (exact) mass is 424 g/mol. The van der Waals surface area contributed by atoms with E-state index in [-0.39, 0.29) is 5.91 Å². The van der Waals surface area contributed by atoms with Gasteiger partial charge in [-0.3, -0.25) is 10.1 Å². The highest BCUT2D eigenvalue weighted by molar-refractivity contribution is 9.10. The van der Waals surface area contributed by atoms with Gasteiger partial charge in [0, 0.05) is 21.0 Å². The van der Waals surface area contributed by atoms with Crippen molar-refractivity contribution in [3.63, 3.8) is 0 Å². The van der Waals surface area contributed by atoms with Gasteiger partial charge in [-0.25, -0.2) is 4.98 Å². The van der Waals surface area contributed by atoms with Gasteiger partial charge in [-0.1, -0.05) is 65.0 Å². The van der Waals surface area contributed by atoms with Crippen LogP contribution < -0.4 is 5.32 Å². The Kier molecular flexibility index (Phi) is 5.81. The first-order chi connectivity index (χ1) is 12.6. The summed E-state index contributed by atoms with van der Waals surface area (Å²) in [5.41, 5.74) is 4.22. The van der Waals surface area contributed by atoms with Crippen LogP contribution in [0, 0.1) is 0 Å². The topological polar surface area (TPSA) is 42.0 Å². The van der Waals surface area contributed by atoms with Crippen LogP contribution in [0.25, 0.3) is 23.4 Å². The summed E-state index contributed by atoms with van der Waals surface area (Å²) in [4.78, 5) is 17.3. The Bertz CT molecular complexity index is 974. The van der Waals surface area contributed by atoms with Gasteiger partial charge < -0.3 is 0 Å². The molecular formula is C21H17BrN2OS. The lowest BCUT2D eigenvalue weighted by Crippen LogP contribution is -2.13. The fourth-order valence-corrected chi connectivity index (χ4v) is 3.54. The molecule has 0 spiro atoms. The predicted molar refractivity (Wildman–Crippen MR) is 114 cm³/mol. The van der Waals surface area contributed by atoms with E-state index >= 15 is 0 Å². The third-order valence-corrected chi connectivity index (χ3v) is 5.09. The third kappa shape index (κ3) is 4.00. The fourth-order valence-electron chi connectivity index (χ4n) is 2.56. The normalized spacial score (nSPS) is 10.8. The first-order valence-electron chi connectivity index (χ1n) is 8.03. The highest BCUT2D eigenvalue weighted by atomic mass is 79.9. The predicted octanol–water partition coefficient (Wildman–Crippen LogP) is 6.50. The summed E-state index contributed by atoms with van der Waals surface area (Å²) in [6, 6.07) is 13.5. The number of hydrogen-bond acceptors (Lipinski definition) is 3. The molecule has 0 radical (unpaired) electrons. The number of nitrogens with one attached hydrogen (secondary N) is 1. The van der Waals surface area contributed by atoms with Gasteiger partial charge in [0.1, 0.15) is 0 Å². The number of allylic oxidation sites excluding steroid dienone is 1. The zero-order valence-corrected chi connectivity index (χ0v) is 16.6. The number of halogens is 1. The van der Waals surface area contributed by atoms with Gasteiger partial charge in [-0.15, -0.1) is 11.3 Å². The molecule has 0 saturated heterocycles. The molecule has 130 valence electrons. The molecule has 1 heterocycles. The first kappa shape index (κ1) is 18.3. The maximum atomic E-state index is 12.7. The second-order valence-electron chi connectivity index (χ2n) is 5.51. The maximum Gasteiger partial charge on any atom is 0.258 e. The smallest absolute Gasteiger partial charge is 0.258 e. The first-order valence-corrected chi connectivity index (χ1v) is 9.70. The number of nitrogens with zero attached hydrogens (tertiary/aromatic N) is 1. The summed E-state index contributed by atoms with van der Waals surface area (Å²) < 4.78 is 1.02. The van der Waals surface area contributed by atoms with Gasteiger partial charge in [0.25, 0.3) is 5.91 Å². The van der Waals surface area contributed by atoms with Crippen molar-refractivity contribution in [2.45, 2.75) is 6.92 Å². The molecule has 0 saturated carbocycles. The number of hydrogen-bond donors (Lipinski definition) is 1. The van der Waals surface area contributed by atoms with E-state index in [4.69, 9.17) is 0 Å². The highest BCUT2D eigenvalue weighted by Gasteiger charge is 2.14. The Morgan fingerprint density at radius 1 is 1.23 bits per heavy atom. The Balaban J connectivity index is 1.85. The lowest BCUT2D eigenvalue weighted by atomic mass is 10.00. The quantitative estimate of drug-likeness (QED) is 0.507. The van der Waals surface area contributed by atoms with Crippen molar-refractivity contribution in [2.24, 2.45) is 0 Å². The number of anilines is 1. The lowest BCUT2D eigenvalue weighted by Gasteiger charge is -2.09. The molecule has 0 atom stereocenters. The molecule has 0 aliphatic carbocycles. The van der Waals surface area contributed by atoms with Crippen molar-refractivity contribution in [2.75, 3.05) is 5.32 Å². The van der Waals surface area contributed by atoms with Crippen LogP contribution in [-0.4, -0.2) is 10.9 Å². The second-order valence-corrected chi connectivity index (χ2v) is 7.29. The lowest BCUT2D eigenvalue weighted by molar-refractivity contribution is 0.102. The molecule has 1 aromatic heterocycles. The highest BCUT2D eigenvalue weighted by Crippen LogP contribution is 2.27. The third-order valence-electron chi connectivity index (χ3n) is 3.80. The number of benzene rings is 2. The van der Waals surface area contributed by atoms with Crippen LogP contribution in [-0.2, 0) is 0 Å². The SMILES string of the molecule is C=Cc1cccc(C(=O)Nc2nc(-c3ccc(Br)cc3)cs2)c1/C=C\C. The average Bonchev–Trinajstić information content (AvgIpc) is 3.11. The summed E-state index contributed by atoms with van der Waals surface area (Å²) in [5.74, 6) is -0.182. The van der Waals surface area contributed by atoms with E-state index in [1.54, 1.807) is 12.1 Å². The molecule has 3 rings (SSSR count). The van der Waals surface area contributed by atoms with Crippen molar-refractivity contribution in [1.82, 2.24) is 4.98 Å². The number of thiazole rings is 1. The molecule has 0 fully saturated rings. The van der Waals surface area contributed by atoms with Crippen LogP contribution in [0.3, 0.4) is 0 Å². The number of rotatable bonds is 5. The van der Waals surface area contributed by atoms with Crippen LogP contribution in [0.5, 0.6) is 0 Å². The summed E-state index contributed by atoms with van der Waals surface area (Å²) >= 11 is 4.83. The van der Waals surface area contributed by atoms with Crippen LogP contribution in [0.2, 0.25) is 0 Å². The van der Waals surface area contributed by atoms with Gasteiger partial charge in [0.05, 0.1) is 5.69 Å².